The standard InChI is InChI=1S/C52H67N5O6/c1-52(2,3)56-50(61)46-28-27-37-14-7-10-20-45(37)57(46)33-42-31-47(38-25-23-35(34-58)24-26-38)63-51(62-42)41-17-12-16-40(30-41)39-15-11-13-36(29-39)32-54-48(59)21-5-4-6-22-49(60)55-44-19-9-8-18-43(44)53/h8-9,11-13,15-19,23-26,29-30,37,42,45-47,51,58H,4-7,10,14,20-22,27-28,31-34,53H2,1-3H3,(H,54,59)(H,55,60)(H,56,61)/t37-,42+,45-,46-,47-,51-/m1/s1. The highest BCUT2D eigenvalue weighted by Crippen LogP contribution is 2.42. The molecule has 11 heteroatoms. The molecule has 4 aromatic carbocycles. The van der Waals surface area contributed by atoms with Crippen LogP contribution in [0.25, 0.3) is 11.1 Å². The summed E-state index contributed by atoms with van der Waals surface area (Å²) in [6, 6.07) is 31.8. The molecule has 0 aromatic heterocycles. The summed E-state index contributed by atoms with van der Waals surface area (Å²) in [7, 11) is 0. The highest BCUT2D eigenvalue weighted by atomic mass is 16.7. The van der Waals surface area contributed by atoms with E-state index >= 15 is 0 Å². The third-order valence-electron chi connectivity index (χ3n) is 12.8. The number of likely N-dealkylation sites (tertiary alicyclic amines) is 1. The van der Waals surface area contributed by atoms with Crippen molar-refractivity contribution in [3.63, 3.8) is 0 Å². The summed E-state index contributed by atoms with van der Waals surface area (Å²) >= 11 is 0. The molecule has 3 fully saturated rings. The van der Waals surface area contributed by atoms with E-state index in [9.17, 15) is 19.5 Å². The number of rotatable bonds is 16. The zero-order valence-electron chi connectivity index (χ0n) is 37.3. The lowest BCUT2D eigenvalue weighted by molar-refractivity contribution is -0.255. The van der Waals surface area contributed by atoms with E-state index in [0.29, 0.717) is 68.5 Å². The Labute approximate surface area is 373 Å². The number of anilines is 2. The van der Waals surface area contributed by atoms with E-state index in [1.807, 2.05) is 75.4 Å². The van der Waals surface area contributed by atoms with Crippen LogP contribution < -0.4 is 21.7 Å². The molecule has 2 aliphatic heterocycles. The summed E-state index contributed by atoms with van der Waals surface area (Å²) in [5.74, 6) is 0.593. The van der Waals surface area contributed by atoms with E-state index in [4.69, 9.17) is 15.2 Å². The molecular formula is C52H67N5O6. The fraction of sp³-hybridized carbons (Fsp3) is 0.481. The van der Waals surface area contributed by atoms with E-state index in [2.05, 4.69) is 51.2 Å². The van der Waals surface area contributed by atoms with Gasteiger partial charge in [0.2, 0.25) is 17.7 Å². The fourth-order valence-corrected chi connectivity index (χ4v) is 9.58. The minimum absolute atomic E-state index is 0.0182. The molecule has 0 spiro atoms. The topological polar surface area (TPSA) is 155 Å². The third kappa shape index (κ3) is 12.8. The Bertz CT molecular complexity index is 2150. The predicted molar refractivity (Wildman–Crippen MR) is 248 cm³/mol. The largest absolute Gasteiger partial charge is 0.397 e. The first-order valence-corrected chi connectivity index (χ1v) is 23.1. The first-order chi connectivity index (χ1) is 30.4. The monoisotopic (exact) mass is 858 g/mol. The molecule has 1 saturated carbocycles. The number of nitrogens with two attached hydrogens (primary N) is 1. The average Bonchev–Trinajstić information content (AvgIpc) is 3.28. The van der Waals surface area contributed by atoms with Crippen LogP contribution in [0.2, 0.25) is 0 Å². The van der Waals surface area contributed by atoms with Crippen molar-refractivity contribution >= 4 is 29.1 Å². The van der Waals surface area contributed by atoms with Gasteiger partial charge in [0.25, 0.3) is 0 Å². The highest BCUT2D eigenvalue weighted by molar-refractivity contribution is 5.93. The van der Waals surface area contributed by atoms with E-state index in [1.165, 1.54) is 19.3 Å². The first-order valence-electron chi connectivity index (χ1n) is 23.1. The van der Waals surface area contributed by atoms with E-state index < -0.39 is 6.29 Å². The number of unbranched alkanes of at least 4 members (excludes halogenated alkanes) is 2. The molecule has 3 amide bonds. The van der Waals surface area contributed by atoms with Gasteiger partial charge >= 0.3 is 0 Å². The molecule has 63 heavy (non-hydrogen) atoms. The van der Waals surface area contributed by atoms with Crippen LogP contribution in [0.3, 0.4) is 0 Å². The van der Waals surface area contributed by atoms with Gasteiger partial charge in [-0.05, 0) is 117 Å². The Morgan fingerprint density at radius 3 is 2.25 bits per heavy atom. The number of fused-ring (bicyclic) bond motifs is 1. The normalized spacial score (nSPS) is 22.7. The molecule has 4 aromatic rings. The number of carbonyl (C=O) groups excluding carboxylic acids is 3. The minimum atomic E-state index is -0.639. The second-order valence-electron chi connectivity index (χ2n) is 18.8. The molecule has 336 valence electrons. The van der Waals surface area contributed by atoms with E-state index in [0.717, 1.165) is 59.1 Å². The maximum atomic E-state index is 13.9. The van der Waals surface area contributed by atoms with Gasteiger partial charge in [-0.1, -0.05) is 92.1 Å². The number of para-hydroxylation sites is 2. The molecular weight excluding hydrogens is 791 g/mol. The molecule has 0 bridgehead atoms. The lowest BCUT2D eigenvalue weighted by Crippen LogP contribution is -2.61. The Kier molecular flexibility index (Phi) is 15.7. The maximum absolute atomic E-state index is 13.9. The van der Waals surface area contributed by atoms with Crippen molar-refractivity contribution in [1.29, 1.82) is 0 Å². The van der Waals surface area contributed by atoms with Gasteiger partial charge in [0, 0.05) is 49.5 Å². The van der Waals surface area contributed by atoms with Crippen molar-refractivity contribution in [3.05, 3.63) is 119 Å². The molecule has 7 rings (SSSR count). The van der Waals surface area contributed by atoms with E-state index in [-0.39, 0.29) is 48.1 Å². The fourth-order valence-electron chi connectivity index (χ4n) is 9.58. The van der Waals surface area contributed by atoms with Crippen molar-refractivity contribution in [2.75, 3.05) is 17.6 Å². The Hall–Kier alpha value is -5.07. The number of ether oxygens (including phenoxy) is 2. The summed E-state index contributed by atoms with van der Waals surface area (Å²) in [5, 5.41) is 19.0. The number of hydrogen-bond acceptors (Lipinski definition) is 8. The number of aliphatic hydroxyl groups excluding tert-OH is 1. The second kappa shape index (κ2) is 21.5. The Morgan fingerprint density at radius 2 is 1.49 bits per heavy atom. The Morgan fingerprint density at radius 1 is 0.762 bits per heavy atom. The number of piperidine rings is 1. The van der Waals surface area contributed by atoms with Crippen LogP contribution in [0.15, 0.2) is 97.1 Å². The quantitative estimate of drug-likeness (QED) is 0.0552. The highest BCUT2D eigenvalue weighted by Gasteiger charge is 2.44. The van der Waals surface area contributed by atoms with Gasteiger partial charge in [-0.25, -0.2) is 0 Å². The number of nitrogens with one attached hydrogen (secondary N) is 3. The number of nitrogens with zero attached hydrogens (tertiary/aromatic N) is 1. The smallest absolute Gasteiger partial charge is 0.237 e. The Balaban J connectivity index is 0.999. The van der Waals surface area contributed by atoms with Crippen LogP contribution in [0, 0.1) is 5.92 Å². The second-order valence-corrected chi connectivity index (χ2v) is 18.8. The molecule has 0 radical (unpaired) electrons. The molecule has 6 N–H and O–H groups in total. The van der Waals surface area contributed by atoms with Gasteiger partial charge in [-0.2, -0.15) is 0 Å². The summed E-state index contributed by atoms with van der Waals surface area (Å²) < 4.78 is 13.8. The number of benzene rings is 4. The summed E-state index contributed by atoms with van der Waals surface area (Å²) in [5.41, 5.74) is 12.6. The molecule has 3 aliphatic rings. The molecule has 11 nitrogen and oxygen atoms in total. The van der Waals surface area contributed by atoms with Crippen molar-refractivity contribution in [2.24, 2.45) is 5.92 Å². The zero-order valence-corrected chi connectivity index (χ0v) is 37.3. The molecule has 0 unspecified atom stereocenters. The summed E-state index contributed by atoms with van der Waals surface area (Å²) in [6.07, 6.45) is 9.18. The van der Waals surface area contributed by atoms with Crippen LogP contribution in [0.4, 0.5) is 11.4 Å². The third-order valence-corrected chi connectivity index (χ3v) is 12.8. The molecule has 1 aliphatic carbocycles. The van der Waals surface area contributed by atoms with Crippen molar-refractivity contribution < 1.29 is 29.0 Å². The van der Waals surface area contributed by atoms with Gasteiger partial charge in [-0.15, -0.1) is 0 Å². The van der Waals surface area contributed by atoms with Crippen LogP contribution in [0.1, 0.15) is 132 Å². The SMILES string of the molecule is CC(C)(C)NC(=O)[C@H]1CC[C@H]2CCCC[C@H]2N1C[C@@H]1C[C@H](c2ccc(CO)cc2)O[C@H](c2cccc(-c3cccc(CNC(=O)CCCCCC(=O)Nc4ccccc4N)c3)c2)O1. The summed E-state index contributed by atoms with van der Waals surface area (Å²) in [6.45, 7) is 7.17. The number of carbonyl (C=O) groups is 3. The number of hydrogen-bond donors (Lipinski definition) is 5. The van der Waals surface area contributed by atoms with Gasteiger partial charge < -0.3 is 36.3 Å². The number of aliphatic hydroxyl groups is 1. The lowest BCUT2D eigenvalue weighted by Gasteiger charge is -2.50. The van der Waals surface area contributed by atoms with Gasteiger partial charge in [0.15, 0.2) is 6.29 Å². The van der Waals surface area contributed by atoms with Gasteiger partial charge in [0.05, 0.1) is 36.2 Å². The van der Waals surface area contributed by atoms with Crippen molar-refractivity contribution in [1.82, 2.24) is 15.5 Å². The van der Waals surface area contributed by atoms with Crippen molar-refractivity contribution in [2.45, 2.75) is 147 Å². The van der Waals surface area contributed by atoms with Crippen molar-refractivity contribution in [3.8, 4) is 11.1 Å². The molecule has 2 saturated heterocycles. The predicted octanol–water partition coefficient (Wildman–Crippen LogP) is 9.12. The van der Waals surface area contributed by atoms with Crippen LogP contribution >= 0.6 is 0 Å². The maximum Gasteiger partial charge on any atom is 0.237 e. The first kappa shape index (κ1) is 45.9. The van der Waals surface area contributed by atoms with Gasteiger partial charge in [-0.3, -0.25) is 19.3 Å². The average molecular weight is 858 g/mol. The minimum Gasteiger partial charge on any atom is -0.397 e. The summed E-state index contributed by atoms with van der Waals surface area (Å²) in [4.78, 5) is 41.5. The van der Waals surface area contributed by atoms with E-state index in [1.54, 1.807) is 12.1 Å². The van der Waals surface area contributed by atoms with Crippen LogP contribution in [-0.4, -0.2) is 58.0 Å². The van der Waals surface area contributed by atoms with Gasteiger partial charge in [0.1, 0.15) is 0 Å². The lowest BCUT2D eigenvalue weighted by atomic mass is 9.75. The molecule has 6 atom stereocenters. The van der Waals surface area contributed by atoms with Crippen LogP contribution in [-0.2, 0) is 37.0 Å². The number of nitrogen functional groups attached to an aromatic ring is 1. The van der Waals surface area contributed by atoms with Crippen LogP contribution in [0.5, 0.6) is 0 Å². The zero-order chi connectivity index (χ0) is 44.3. The number of amides is 3. The molecule has 2 heterocycles.